The molecule has 0 fully saturated rings. The van der Waals surface area contributed by atoms with E-state index in [1.54, 1.807) is 0 Å². The van der Waals surface area contributed by atoms with Crippen molar-refractivity contribution >= 4 is 31.9 Å². The van der Waals surface area contributed by atoms with Crippen LogP contribution in [0.2, 0.25) is 0 Å². The third-order valence-corrected chi connectivity index (χ3v) is 4.28. The van der Waals surface area contributed by atoms with Crippen molar-refractivity contribution in [2.75, 3.05) is 6.54 Å². The molecular weight excluding hydrogens is 378 g/mol. The lowest BCUT2D eigenvalue weighted by atomic mass is 9.94. The fraction of sp³-hybridized carbons (Fsp3) is 0.294. The molecule has 0 aliphatic rings. The molecule has 2 aromatic rings. The lowest BCUT2D eigenvalue weighted by Gasteiger charge is -2.22. The van der Waals surface area contributed by atoms with Crippen LogP contribution in [0, 0.1) is 13.8 Å². The van der Waals surface area contributed by atoms with Crippen molar-refractivity contribution in [3.8, 4) is 0 Å². The predicted octanol–water partition coefficient (Wildman–Crippen LogP) is 5.53. The Hall–Kier alpha value is -0.640. The van der Waals surface area contributed by atoms with Crippen LogP contribution in [-0.4, -0.2) is 6.54 Å². The predicted molar refractivity (Wildman–Crippen MR) is 93.3 cm³/mol. The normalized spacial score (nSPS) is 12.4. The van der Waals surface area contributed by atoms with Gasteiger partial charge in [0, 0.05) is 8.95 Å². The average molecular weight is 397 g/mol. The Morgan fingerprint density at radius 1 is 1.00 bits per heavy atom. The van der Waals surface area contributed by atoms with Gasteiger partial charge in [0.15, 0.2) is 0 Å². The van der Waals surface area contributed by atoms with E-state index < -0.39 is 0 Å². The van der Waals surface area contributed by atoms with Gasteiger partial charge < -0.3 is 5.32 Å². The van der Waals surface area contributed by atoms with E-state index in [0.29, 0.717) is 0 Å². The monoisotopic (exact) mass is 395 g/mol. The summed E-state index contributed by atoms with van der Waals surface area (Å²) in [6, 6.07) is 13.3. The summed E-state index contributed by atoms with van der Waals surface area (Å²) < 4.78 is 2.18. The Morgan fingerprint density at radius 2 is 1.65 bits per heavy atom. The van der Waals surface area contributed by atoms with E-state index in [1.165, 1.54) is 22.3 Å². The molecule has 0 spiro atoms. The first kappa shape index (κ1) is 15.7. The number of hydrogen-bond donors (Lipinski definition) is 1. The molecule has 0 saturated carbocycles. The van der Waals surface area contributed by atoms with Crippen LogP contribution < -0.4 is 5.32 Å². The van der Waals surface area contributed by atoms with Crippen LogP contribution in [0.5, 0.6) is 0 Å². The van der Waals surface area contributed by atoms with Crippen molar-refractivity contribution in [2.24, 2.45) is 0 Å². The molecule has 1 nitrogen and oxygen atoms in total. The molecule has 106 valence electrons. The SMILES string of the molecule is CCNC(c1cc(Br)cc(Br)c1)c1ccc(C)cc1C. The highest BCUT2D eigenvalue weighted by molar-refractivity contribution is 9.11. The molecule has 1 unspecified atom stereocenters. The topological polar surface area (TPSA) is 12.0 Å². The fourth-order valence-corrected chi connectivity index (χ4v) is 3.83. The van der Waals surface area contributed by atoms with Crippen LogP contribution in [0.25, 0.3) is 0 Å². The Kier molecular flexibility index (Phi) is 5.42. The summed E-state index contributed by atoms with van der Waals surface area (Å²) in [6.45, 7) is 7.39. The first-order valence-electron chi connectivity index (χ1n) is 6.77. The molecule has 0 aromatic heterocycles. The number of benzene rings is 2. The lowest BCUT2D eigenvalue weighted by molar-refractivity contribution is 0.627. The molecule has 2 rings (SSSR count). The number of nitrogens with one attached hydrogen (secondary N) is 1. The fourth-order valence-electron chi connectivity index (χ4n) is 2.50. The minimum absolute atomic E-state index is 0.217. The largest absolute Gasteiger partial charge is 0.307 e. The second-order valence-electron chi connectivity index (χ2n) is 5.05. The van der Waals surface area contributed by atoms with E-state index in [9.17, 15) is 0 Å². The molecule has 3 heteroatoms. The minimum Gasteiger partial charge on any atom is -0.307 e. The third-order valence-electron chi connectivity index (χ3n) is 3.36. The zero-order chi connectivity index (χ0) is 14.7. The summed E-state index contributed by atoms with van der Waals surface area (Å²) in [7, 11) is 0. The Bertz CT molecular complexity index is 588. The summed E-state index contributed by atoms with van der Waals surface area (Å²) in [6.07, 6.45) is 0. The number of hydrogen-bond acceptors (Lipinski definition) is 1. The number of halogens is 2. The summed E-state index contributed by atoms with van der Waals surface area (Å²) in [5.74, 6) is 0. The molecular formula is C17H19Br2N. The van der Waals surface area contributed by atoms with E-state index >= 15 is 0 Å². The average Bonchev–Trinajstić information content (AvgIpc) is 2.35. The van der Waals surface area contributed by atoms with Crippen LogP contribution >= 0.6 is 31.9 Å². The maximum Gasteiger partial charge on any atom is 0.0580 e. The highest BCUT2D eigenvalue weighted by Crippen LogP contribution is 2.30. The van der Waals surface area contributed by atoms with Gasteiger partial charge in [0.25, 0.3) is 0 Å². The number of rotatable bonds is 4. The van der Waals surface area contributed by atoms with Gasteiger partial charge in [0.2, 0.25) is 0 Å². The van der Waals surface area contributed by atoms with Gasteiger partial charge in [-0.3, -0.25) is 0 Å². The molecule has 0 saturated heterocycles. The second kappa shape index (κ2) is 6.88. The molecule has 0 heterocycles. The molecule has 0 aliphatic heterocycles. The van der Waals surface area contributed by atoms with Crippen LogP contribution in [0.15, 0.2) is 45.3 Å². The molecule has 1 atom stereocenters. The van der Waals surface area contributed by atoms with Crippen molar-refractivity contribution < 1.29 is 0 Å². The van der Waals surface area contributed by atoms with Gasteiger partial charge in [-0.05, 0) is 55.3 Å². The summed E-state index contributed by atoms with van der Waals surface area (Å²) in [4.78, 5) is 0. The van der Waals surface area contributed by atoms with Gasteiger partial charge in [-0.25, -0.2) is 0 Å². The maximum absolute atomic E-state index is 3.59. The summed E-state index contributed by atoms with van der Waals surface area (Å²) in [5.41, 5.74) is 5.23. The van der Waals surface area contributed by atoms with E-state index in [2.05, 4.69) is 94.3 Å². The first-order valence-corrected chi connectivity index (χ1v) is 8.36. The zero-order valence-electron chi connectivity index (χ0n) is 12.0. The van der Waals surface area contributed by atoms with Gasteiger partial charge in [0.05, 0.1) is 6.04 Å². The molecule has 0 amide bonds. The van der Waals surface area contributed by atoms with Gasteiger partial charge in [-0.15, -0.1) is 0 Å². The van der Waals surface area contributed by atoms with Crippen molar-refractivity contribution in [2.45, 2.75) is 26.8 Å². The molecule has 0 bridgehead atoms. The van der Waals surface area contributed by atoms with Crippen molar-refractivity contribution in [3.05, 3.63) is 67.6 Å². The van der Waals surface area contributed by atoms with Crippen LogP contribution in [0.1, 0.15) is 35.2 Å². The molecule has 20 heavy (non-hydrogen) atoms. The quantitative estimate of drug-likeness (QED) is 0.716. The standard InChI is InChI=1S/C17H19Br2N/c1-4-20-17(13-8-14(18)10-15(19)9-13)16-6-5-11(2)7-12(16)3/h5-10,17,20H,4H2,1-3H3. The summed E-state index contributed by atoms with van der Waals surface area (Å²) >= 11 is 7.15. The smallest absolute Gasteiger partial charge is 0.0580 e. The first-order chi connectivity index (χ1) is 9.51. The highest BCUT2D eigenvalue weighted by atomic mass is 79.9. The zero-order valence-corrected chi connectivity index (χ0v) is 15.2. The third kappa shape index (κ3) is 3.72. The summed E-state index contributed by atoms with van der Waals surface area (Å²) in [5, 5.41) is 3.59. The van der Waals surface area contributed by atoms with Crippen molar-refractivity contribution in [1.29, 1.82) is 0 Å². The molecule has 2 aromatic carbocycles. The van der Waals surface area contributed by atoms with E-state index in [0.717, 1.165) is 15.5 Å². The molecule has 0 aliphatic carbocycles. The van der Waals surface area contributed by atoms with Gasteiger partial charge in [0.1, 0.15) is 0 Å². The van der Waals surface area contributed by atoms with Gasteiger partial charge in [-0.2, -0.15) is 0 Å². The lowest BCUT2D eigenvalue weighted by Crippen LogP contribution is -2.22. The molecule has 1 N–H and O–H groups in total. The second-order valence-corrected chi connectivity index (χ2v) is 6.88. The minimum atomic E-state index is 0.217. The maximum atomic E-state index is 3.59. The van der Waals surface area contributed by atoms with E-state index in [4.69, 9.17) is 0 Å². The van der Waals surface area contributed by atoms with Crippen molar-refractivity contribution in [1.82, 2.24) is 5.32 Å². The van der Waals surface area contributed by atoms with Crippen molar-refractivity contribution in [3.63, 3.8) is 0 Å². The Morgan fingerprint density at radius 3 is 2.20 bits per heavy atom. The number of aryl methyl sites for hydroxylation is 2. The van der Waals surface area contributed by atoms with E-state index in [1.807, 2.05) is 0 Å². The van der Waals surface area contributed by atoms with Crippen LogP contribution in [-0.2, 0) is 0 Å². The van der Waals surface area contributed by atoms with Gasteiger partial charge in [-0.1, -0.05) is 62.5 Å². The van der Waals surface area contributed by atoms with Crippen LogP contribution in [0.3, 0.4) is 0 Å². The Balaban J connectivity index is 2.49. The molecule has 0 radical (unpaired) electrons. The van der Waals surface area contributed by atoms with Gasteiger partial charge >= 0.3 is 0 Å². The highest BCUT2D eigenvalue weighted by Gasteiger charge is 2.16. The van der Waals surface area contributed by atoms with Crippen LogP contribution in [0.4, 0.5) is 0 Å². The van der Waals surface area contributed by atoms with E-state index in [-0.39, 0.29) is 6.04 Å². The Labute approximate surface area is 138 Å².